The number of hydrogen-bond acceptors (Lipinski definition) is 2. The van der Waals surface area contributed by atoms with Gasteiger partial charge in [0.2, 0.25) is 0 Å². The van der Waals surface area contributed by atoms with Gasteiger partial charge in [-0.15, -0.1) is 0 Å². The topological polar surface area (TPSA) is 44.4 Å². The molecule has 0 bridgehead atoms. The maximum absolute atomic E-state index is 12.0. The summed E-state index contributed by atoms with van der Waals surface area (Å²) in [4.78, 5) is 13.9. The second kappa shape index (κ2) is 6.40. The molecule has 1 heterocycles. The number of carbonyl (C=O) groups excluding carboxylic acids is 1. The van der Waals surface area contributed by atoms with Crippen molar-refractivity contribution in [2.45, 2.75) is 19.4 Å². The second-order valence-corrected chi connectivity index (χ2v) is 4.78. The van der Waals surface area contributed by atoms with Crippen molar-refractivity contribution in [3.05, 3.63) is 35.9 Å². The van der Waals surface area contributed by atoms with E-state index < -0.39 is 0 Å². The highest BCUT2D eigenvalue weighted by molar-refractivity contribution is 5.74. The SMILES string of the molecule is C[C@@H](Cc1ccccc1)NC(=O)N1CCNCC1. The first-order valence-electron chi connectivity index (χ1n) is 6.56. The number of nitrogens with one attached hydrogen (secondary N) is 2. The van der Waals surface area contributed by atoms with E-state index in [4.69, 9.17) is 0 Å². The lowest BCUT2D eigenvalue weighted by molar-refractivity contribution is 0.187. The van der Waals surface area contributed by atoms with Gasteiger partial charge in [0.25, 0.3) is 0 Å². The summed E-state index contributed by atoms with van der Waals surface area (Å²) in [6, 6.07) is 10.5. The van der Waals surface area contributed by atoms with Gasteiger partial charge in [0, 0.05) is 32.2 Å². The summed E-state index contributed by atoms with van der Waals surface area (Å²) in [5.41, 5.74) is 1.26. The van der Waals surface area contributed by atoms with E-state index in [9.17, 15) is 4.79 Å². The molecule has 4 heteroatoms. The molecule has 1 saturated heterocycles. The van der Waals surface area contributed by atoms with Gasteiger partial charge in [-0.05, 0) is 18.9 Å². The molecule has 0 aliphatic carbocycles. The van der Waals surface area contributed by atoms with Crippen molar-refractivity contribution in [1.29, 1.82) is 0 Å². The molecule has 4 nitrogen and oxygen atoms in total. The first-order chi connectivity index (χ1) is 8.75. The minimum Gasteiger partial charge on any atom is -0.335 e. The number of rotatable bonds is 3. The van der Waals surface area contributed by atoms with E-state index in [2.05, 4.69) is 22.8 Å². The molecule has 98 valence electrons. The maximum atomic E-state index is 12.0. The highest BCUT2D eigenvalue weighted by Gasteiger charge is 2.17. The molecular formula is C14H21N3O. The Labute approximate surface area is 108 Å². The van der Waals surface area contributed by atoms with Crippen LogP contribution in [0.4, 0.5) is 4.79 Å². The van der Waals surface area contributed by atoms with Crippen LogP contribution < -0.4 is 10.6 Å². The van der Waals surface area contributed by atoms with Crippen molar-refractivity contribution in [3.63, 3.8) is 0 Å². The van der Waals surface area contributed by atoms with Crippen molar-refractivity contribution >= 4 is 6.03 Å². The van der Waals surface area contributed by atoms with Crippen molar-refractivity contribution in [2.24, 2.45) is 0 Å². The Hall–Kier alpha value is -1.55. The van der Waals surface area contributed by atoms with Gasteiger partial charge in [0.05, 0.1) is 0 Å². The molecule has 1 aliphatic rings. The van der Waals surface area contributed by atoms with Crippen LogP contribution >= 0.6 is 0 Å². The number of nitrogens with zero attached hydrogens (tertiary/aromatic N) is 1. The predicted octanol–water partition coefficient (Wildman–Crippen LogP) is 1.23. The molecule has 0 saturated carbocycles. The Morgan fingerprint density at radius 2 is 2.00 bits per heavy atom. The Morgan fingerprint density at radius 3 is 2.67 bits per heavy atom. The van der Waals surface area contributed by atoms with Crippen molar-refractivity contribution in [3.8, 4) is 0 Å². The van der Waals surface area contributed by atoms with Crippen molar-refractivity contribution in [1.82, 2.24) is 15.5 Å². The van der Waals surface area contributed by atoms with Gasteiger partial charge in [0.15, 0.2) is 0 Å². The number of carbonyl (C=O) groups is 1. The molecular weight excluding hydrogens is 226 g/mol. The van der Waals surface area contributed by atoms with Crippen LogP contribution in [-0.4, -0.2) is 43.2 Å². The molecule has 1 aromatic rings. The van der Waals surface area contributed by atoms with Crippen LogP contribution in [0, 0.1) is 0 Å². The molecule has 1 fully saturated rings. The summed E-state index contributed by atoms with van der Waals surface area (Å²) in [5, 5.41) is 6.30. The van der Waals surface area contributed by atoms with Crippen LogP contribution in [0.15, 0.2) is 30.3 Å². The fraction of sp³-hybridized carbons (Fsp3) is 0.500. The van der Waals surface area contributed by atoms with E-state index >= 15 is 0 Å². The predicted molar refractivity (Wildman–Crippen MR) is 72.6 cm³/mol. The molecule has 1 aliphatic heterocycles. The fourth-order valence-electron chi connectivity index (χ4n) is 2.19. The number of piperazine rings is 1. The summed E-state index contributed by atoms with van der Waals surface area (Å²) < 4.78 is 0. The molecule has 0 radical (unpaired) electrons. The Kier molecular flexibility index (Phi) is 4.59. The zero-order valence-corrected chi connectivity index (χ0v) is 10.9. The number of urea groups is 1. The summed E-state index contributed by atoms with van der Waals surface area (Å²) in [6.07, 6.45) is 0.874. The Morgan fingerprint density at radius 1 is 1.33 bits per heavy atom. The molecule has 2 N–H and O–H groups in total. The normalized spacial score (nSPS) is 17.3. The lowest BCUT2D eigenvalue weighted by atomic mass is 10.1. The number of hydrogen-bond donors (Lipinski definition) is 2. The van der Waals surface area contributed by atoms with Crippen molar-refractivity contribution < 1.29 is 4.79 Å². The molecule has 0 unspecified atom stereocenters. The van der Waals surface area contributed by atoms with Gasteiger partial charge < -0.3 is 15.5 Å². The van der Waals surface area contributed by atoms with E-state index in [0.29, 0.717) is 0 Å². The van der Waals surface area contributed by atoms with Crippen LogP contribution in [0.2, 0.25) is 0 Å². The Bertz CT molecular complexity index is 374. The van der Waals surface area contributed by atoms with E-state index in [1.807, 2.05) is 30.0 Å². The van der Waals surface area contributed by atoms with Crippen LogP contribution in [0.3, 0.4) is 0 Å². The highest BCUT2D eigenvalue weighted by Crippen LogP contribution is 2.03. The lowest BCUT2D eigenvalue weighted by Gasteiger charge is -2.29. The molecule has 0 aromatic heterocycles. The third-order valence-electron chi connectivity index (χ3n) is 3.16. The third-order valence-corrected chi connectivity index (χ3v) is 3.16. The molecule has 18 heavy (non-hydrogen) atoms. The largest absolute Gasteiger partial charge is 0.335 e. The quantitative estimate of drug-likeness (QED) is 0.844. The van der Waals surface area contributed by atoms with E-state index in [-0.39, 0.29) is 12.1 Å². The van der Waals surface area contributed by atoms with Crippen LogP contribution in [0.5, 0.6) is 0 Å². The molecule has 1 aromatic carbocycles. The highest BCUT2D eigenvalue weighted by atomic mass is 16.2. The lowest BCUT2D eigenvalue weighted by Crippen LogP contribution is -2.52. The molecule has 2 rings (SSSR count). The zero-order chi connectivity index (χ0) is 12.8. The third kappa shape index (κ3) is 3.74. The van der Waals surface area contributed by atoms with E-state index in [1.54, 1.807) is 0 Å². The monoisotopic (exact) mass is 247 g/mol. The molecule has 1 atom stereocenters. The van der Waals surface area contributed by atoms with E-state index in [0.717, 1.165) is 32.6 Å². The first kappa shape index (κ1) is 12.9. The minimum atomic E-state index is 0.0555. The second-order valence-electron chi connectivity index (χ2n) is 4.78. The summed E-state index contributed by atoms with van der Waals surface area (Å²) in [6.45, 7) is 5.42. The summed E-state index contributed by atoms with van der Waals surface area (Å²) >= 11 is 0. The average molecular weight is 247 g/mol. The van der Waals surface area contributed by atoms with Gasteiger partial charge in [0.1, 0.15) is 0 Å². The summed E-state index contributed by atoms with van der Waals surface area (Å²) in [5.74, 6) is 0. The van der Waals surface area contributed by atoms with Crippen LogP contribution in [-0.2, 0) is 6.42 Å². The van der Waals surface area contributed by atoms with Crippen LogP contribution in [0.1, 0.15) is 12.5 Å². The van der Waals surface area contributed by atoms with Gasteiger partial charge in [-0.3, -0.25) is 0 Å². The average Bonchev–Trinajstić information content (AvgIpc) is 2.40. The Balaban J connectivity index is 1.79. The first-order valence-corrected chi connectivity index (χ1v) is 6.56. The number of benzene rings is 1. The van der Waals surface area contributed by atoms with Gasteiger partial charge in [-0.25, -0.2) is 4.79 Å². The van der Waals surface area contributed by atoms with E-state index in [1.165, 1.54) is 5.56 Å². The molecule has 2 amide bonds. The van der Waals surface area contributed by atoms with Gasteiger partial charge in [-0.2, -0.15) is 0 Å². The van der Waals surface area contributed by atoms with Crippen molar-refractivity contribution in [2.75, 3.05) is 26.2 Å². The maximum Gasteiger partial charge on any atom is 0.317 e. The van der Waals surface area contributed by atoms with Gasteiger partial charge in [-0.1, -0.05) is 30.3 Å². The standard InChI is InChI=1S/C14H21N3O/c1-12(11-13-5-3-2-4-6-13)16-14(18)17-9-7-15-8-10-17/h2-6,12,15H,7-11H2,1H3,(H,16,18)/t12-/m0/s1. The van der Waals surface area contributed by atoms with Crippen LogP contribution in [0.25, 0.3) is 0 Å². The fourth-order valence-corrected chi connectivity index (χ4v) is 2.19. The minimum absolute atomic E-state index is 0.0555. The molecule has 0 spiro atoms. The number of amides is 2. The van der Waals surface area contributed by atoms with Gasteiger partial charge >= 0.3 is 6.03 Å². The summed E-state index contributed by atoms with van der Waals surface area (Å²) in [7, 11) is 0. The zero-order valence-electron chi connectivity index (χ0n) is 10.9. The smallest absolute Gasteiger partial charge is 0.317 e.